The second-order valence-corrected chi connectivity index (χ2v) is 5.86. The molecule has 0 saturated carbocycles. The molecule has 2 rings (SSSR count). The van der Waals surface area contributed by atoms with Crippen molar-refractivity contribution in [1.29, 1.82) is 0 Å². The van der Waals surface area contributed by atoms with Gasteiger partial charge in [-0.05, 0) is 37.1 Å². The molecule has 0 fully saturated rings. The van der Waals surface area contributed by atoms with Crippen molar-refractivity contribution in [2.45, 2.75) is 26.4 Å². The van der Waals surface area contributed by atoms with Gasteiger partial charge in [-0.3, -0.25) is 0 Å². The Kier molecular flexibility index (Phi) is 8.31. The van der Waals surface area contributed by atoms with Gasteiger partial charge in [0.15, 0.2) is 0 Å². The molecular formula is C18H21BrClNO2. The highest BCUT2D eigenvalue weighted by Gasteiger charge is 2.16. The average Bonchev–Trinajstić information content (AvgIpc) is 2.54. The van der Waals surface area contributed by atoms with Gasteiger partial charge >= 0.3 is 5.97 Å². The minimum Gasteiger partial charge on any atom is -0.462 e. The molecule has 0 aliphatic heterocycles. The fraction of sp³-hybridized carbons (Fsp3) is 0.278. The number of nitrogens with one attached hydrogen (secondary N) is 1. The van der Waals surface area contributed by atoms with Crippen LogP contribution in [0.1, 0.15) is 41.4 Å². The highest BCUT2D eigenvalue weighted by atomic mass is 79.9. The predicted molar refractivity (Wildman–Crippen MR) is 99.0 cm³/mol. The lowest BCUT2D eigenvalue weighted by Gasteiger charge is -2.18. The molecule has 0 spiro atoms. The van der Waals surface area contributed by atoms with E-state index in [1.165, 1.54) is 5.56 Å². The van der Waals surface area contributed by atoms with E-state index in [0.717, 1.165) is 16.6 Å². The van der Waals surface area contributed by atoms with E-state index in [9.17, 15) is 4.79 Å². The van der Waals surface area contributed by atoms with E-state index in [1.807, 2.05) is 49.4 Å². The van der Waals surface area contributed by atoms with Crippen LogP contribution in [0.2, 0.25) is 0 Å². The second-order valence-electron chi connectivity index (χ2n) is 5.00. The standard InChI is InChI=1S/C18H20BrNO2.ClH/c1-3-22-18(21)16-10-6-5-9-15(16)13(2)20-12-14-8-4-7-11-17(14)19;/h4-11,13,20H,3,12H2,1-2H3;1H/t13-;/m0./s1. The molecule has 1 N–H and O–H groups in total. The molecule has 0 unspecified atom stereocenters. The van der Waals surface area contributed by atoms with Crippen LogP contribution in [-0.4, -0.2) is 12.6 Å². The first-order valence-corrected chi connectivity index (χ1v) is 8.15. The first-order chi connectivity index (χ1) is 10.6. The average molecular weight is 399 g/mol. The summed E-state index contributed by atoms with van der Waals surface area (Å²) in [5, 5.41) is 3.46. The van der Waals surface area contributed by atoms with E-state index in [0.29, 0.717) is 12.2 Å². The van der Waals surface area contributed by atoms with Crippen molar-refractivity contribution in [3.8, 4) is 0 Å². The fourth-order valence-corrected chi connectivity index (χ4v) is 2.71. The Morgan fingerprint density at radius 2 is 1.83 bits per heavy atom. The molecule has 5 heteroatoms. The lowest BCUT2D eigenvalue weighted by molar-refractivity contribution is 0.0524. The molecule has 0 saturated heterocycles. The zero-order valence-electron chi connectivity index (χ0n) is 13.2. The summed E-state index contributed by atoms with van der Waals surface area (Å²) in [7, 11) is 0. The number of esters is 1. The number of ether oxygens (including phenoxy) is 1. The van der Waals surface area contributed by atoms with Crippen LogP contribution >= 0.6 is 28.3 Å². The molecule has 0 aliphatic rings. The topological polar surface area (TPSA) is 38.3 Å². The number of carbonyl (C=O) groups excluding carboxylic acids is 1. The van der Waals surface area contributed by atoms with E-state index in [4.69, 9.17) is 4.74 Å². The summed E-state index contributed by atoms with van der Waals surface area (Å²) >= 11 is 3.55. The van der Waals surface area contributed by atoms with Gasteiger partial charge in [-0.1, -0.05) is 52.3 Å². The number of halogens is 2. The summed E-state index contributed by atoms with van der Waals surface area (Å²) < 4.78 is 6.20. The third kappa shape index (κ3) is 5.34. The molecule has 3 nitrogen and oxygen atoms in total. The molecule has 2 aromatic rings. The van der Waals surface area contributed by atoms with Gasteiger partial charge in [-0.2, -0.15) is 0 Å². The van der Waals surface area contributed by atoms with Crippen molar-refractivity contribution in [2.75, 3.05) is 6.61 Å². The van der Waals surface area contributed by atoms with Crippen molar-refractivity contribution in [3.05, 3.63) is 69.7 Å². The van der Waals surface area contributed by atoms with Crippen molar-refractivity contribution in [2.24, 2.45) is 0 Å². The van der Waals surface area contributed by atoms with Crippen LogP contribution in [0.5, 0.6) is 0 Å². The van der Waals surface area contributed by atoms with Gasteiger partial charge < -0.3 is 10.1 Å². The van der Waals surface area contributed by atoms with E-state index in [1.54, 1.807) is 0 Å². The summed E-state index contributed by atoms with van der Waals surface area (Å²) in [5.41, 5.74) is 2.76. The highest BCUT2D eigenvalue weighted by molar-refractivity contribution is 9.10. The van der Waals surface area contributed by atoms with Gasteiger partial charge in [0.25, 0.3) is 0 Å². The van der Waals surface area contributed by atoms with E-state index in [-0.39, 0.29) is 24.4 Å². The molecule has 0 radical (unpaired) electrons. The molecular weight excluding hydrogens is 378 g/mol. The molecule has 0 aliphatic carbocycles. The third-order valence-corrected chi connectivity index (χ3v) is 4.25. The second kappa shape index (κ2) is 9.71. The molecule has 0 aromatic heterocycles. The predicted octanol–water partition coefficient (Wildman–Crippen LogP) is 4.90. The number of carbonyl (C=O) groups is 1. The van der Waals surface area contributed by atoms with Gasteiger partial charge in [0.1, 0.15) is 0 Å². The zero-order chi connectivity index (χ0) is 15.9. The Labute approximate surface area is 152 Å². The Morgan fingerprint density at radius 1 is 1.17 bits per heavy atom. The normalized spacial score (nSPS) is 11.4. The Morgan fingerprint density at radius 3 is 2.52 bits per heavy atom. The van der Waals surface area contributed by atoms with Crippen LogP contribution < -0.4 is 5.32 Å². The first-order valence-electron chi connectivity index (χ1n) is 7.36. The number of rotatable bonds is 6. The number of hydrogen-bond acceptors (Lipinski definition) is 3. The van der Waals surface area contributed by atoms with Crippen molar-refractivity contribution < 1.29 is 9.53 Å². The van der Waals surface area contributed by atoms with Gasteiger partial charge in [-0.15, -0.1) is 12.4 Å². The fourth-order valence-electron chi connectivity index (χ4n) is 2.28. The Balaban J connectivity index is 0.00000264. The van der Waals surface area contributed by atoms with Crippen molar-refractivity contribution in [3.63, 3.8) is 0 Å². The van der Waals surface area contributed by atoms with Gasteiger partial charge in [0.05, 0.1) is 12.2 Å². The Hall–Kier alpha value is -1.36. The Bertz CT molecular complexity index is 648. The van der Waals surface area contributed by atoms with Crippen LogP contribution in [-0.2, 0) is 11.3 Å². The quantitative estimate of drug-likeness (QED) is 0.703. The molecule has 0 amide bonds. The molecule has 0 heterocycles. The van der Waals surface area contributed by atoms with Gasteiger partial charge in [-0.25, -0.2) is 4.79 Å². The molecule has 1 atom stereocenters. The molecule has 0 bridgehead atoms. The minimum absolute atomic E-state index is 0. The lowest BCUT2D eigenvalue weighted by Crippen LogP contribution is -2.21. The molecule has 124 valence electrons. The van der Waals surface area contributed by atoms with Crippen molar-refractivity contribution >= 4 is 34.3 Å². The summed E-state index contributed by atoms with van der Waals surface area (Å²) in [5.74, 6) is -0.271. The van der Waals surface area contributed by atoms with E-state index < -0.39 is 0 Å². The summed E-state index contributed by atoms with van der Waals surface area (Å²) in [4.78, 5) is 12.0. The summed E-state index contributed by atoms with van der Waals surface area (Å²) in [6.07, 6.45) is 0. The highest BCUT2D eigenvalue weighted by Crippen LogP contribution is 2.21. The van der Waals surface area contributed by atoms with Crippen LogP contribution in [0.25, 0.3) is 0 Å². The maximum Gasteiger partial charge on any atom is 0.338 e. The van der Waals surface area contributed by atoms with E-state index >= 15 is 0 Å². The number of benzene rings is 2. The smallest absolute Gasteiger partial charge is 0.338 e. The summed E-state index contributed by atoms with van der Waals surface area (Å²) in [6.45, 7) is 4.97. The van der Waals surface area contributed by atoms with Crippen LogP contribution in [0.15, 0.2) is 53.0 Å². The van der Waals surface area contributed by atoms with Crippen LogP contribution in [0, 0.1) is 0 Å². The van der Waals surface area contributed by atoms with E-state index in [2.05, 4.69) is 34.2 Å². The maximum atomic E-state index is 12.0. The monoisotopic (exact) mass is 397 g/mol. The zero-order valence-corrected chi connectivity index (χ0v) is 15.6. The molecule has 23 heavy (non-hydrogen) atoms. The van der Waals surface area contributed by atoms with Crippen LogP contribution in [0.4, 0.5) is 0 Å². The van der Waals surface area contributed by atoms with Crippen LogP contribution in [0.3, 0.4) is 0 Å². The van der Waals surface area contributed by atoms with Gasteiger partial charge in [0, 0.05) is 17.1 Å². The molecule has 2 aromatic carbocycles. The third-order valence-electron chi connectivity index (χ3n) is 3.48. The first kappa shape index (κ1) is 19.7. The maximum absolute atomic E-state index is 12.0. The minimum atomic E-state index is -0.271. The SMILES string of the molecule is CCOC(=O)c1ccccc1[C@H](C)NCc1ccccc1Br.Cl. The number of hydrogen-bond donors (Lipinski definition) is 1. The van der Waals surface area contributed by atoms with Crippen molar-refractivity contribution in [1.82, 2.24) is 5.32 Å². The largest absolute Gasteiger partial charge is 0.462 e. The lowest BCUT2D eigenvalue weighted by atomic mass is 10.0. The van der Waals surface area contributed by atoms with Gasteiger partial charge in [0.2, 0.25) is 0 Å². The summed E-state index contributed by atoms with van der Waals surface area (Å²) in [6, 6.07) is 15.7.